The normalized spacial score (nSPS) is 17.1. The molecule has 1 saturated heterocycles. The number of hydrogen-bond acceptors (Lipinski definition) is 5. The van der Waals surface area contributed by atoms with Gasteiger partial charge in [0, 0.05) is 24.3 Å². The molecule has 1 aliphatic rings. The van der Waals surface area contributed by atoms with Crippen LogP contribution >= 0.6 is 11.3 Å². The first-order valence-corrected chi connectivity index (χ1v) is 9.15. The fraction of sp³-hybridized carbons (Fsp3) is 0.444. The average molecular weight is 327 g/mol. The second-order valence-electron chi connectivity index (χ2n) is 6.24. The van der Waals surface area contributed by atoms with E-state index in [1.54, 1.807) is 11.3 Å². The lowest BCUT2D eigenvalue weighted by atomic mass is 9.96. The molecular weight excluding hydrogens is 306 g/mol. The summed E-state index contributed by atoms with van der Waals surface area (Å²) in [5.41, 5.74) is 3.11. The maximum atomic E-state index is 5.94. The molecule has 23 heavy (non-hydrogen) atoms. The van der Waals surface area contributed by atoms with Crippen LogP contribution in [0.2, 0.25) is 0 Å². The highest BCUT2D eigenvalue weighted by atomic mass is 32.1. The van der Waals surface area contributed by atoms with E-state index in [9.17, 15) is 0 Å². The van der Waals surface area contributed by atoms with Crippen molar-refractivity contribution in [3.8, 4) is 0 Å². The van der Waals surface area contributed by atoms with Gasteiger partial charge in [-0.3, -0.25) is 0 Å². The molecule has 0 atom stereocenters. The van der Waals surface area contributed by atoms with Gasteiger partial charge in [-0.05, 0) is 45.0 Å². The van der Waals surface area contributed by atoms with Crippen LogP contribution in [0.4, 0.5) is 0 Å². The zero-order chi connectivity index (χ0) is 15.6. The molecule has 4 rings (SSSR count). The minimum absolute atomic E-state index is 0.458. The average Bonchev–Trinajstić information content (AvgIpc) is 3.19. The number of piperidine rings is 1. The molecule has 0 saturated carbocycles. The molecule has 1 fully saturated rings. The summed E-state index contributed by atoms with van der Waals surface area (Å²) in [6.07, 6.45) is 3.31. The van der Waals surface area contributed by atoms with E-state index >= 15 is 0 Å². The van der Waals surface area contributed by atoms with Crippen molar-refractivity contribution in [3.05, 3.63) is 46.2 Å². The molecule has 1 aliphatic heterocycles. The van der Waals surface area contributed by atoms with E-state index in [4.69, 9.17) is 4.42 Å². The number of aryl methyl sites for hydroxylation is 1. The molecule has 0 N–H and O–H groups in total. The van der Waals surface area contributed by atoms with E-state index in [0.29, 0.717) is 5.92 Å². The van der Waals surface area contributed by atoms with Gasteiger partial charge in [-0.15, -0.1) is 11.3 Å². The highest BCUT2D eigenvalue weighted by Gasteiger charge is 2.24. The first-order chi connectivity index (χ1) is 11.3. The van der Waals surface area contributed by atoms with Gasteiger partial charge in [-0.2, -0.15) is 0 Å². The SMILES string of the molecule is Cc1nc(CCN2CCC(c3nc4ccccc4o3)CC2)cs1. The first-order valence-electron chi connectivity index (χ1n) is 8.27. The molecule has 0 aliphatic carbocycles. The van der Waals surface area contributed by atoms with Gasteiger partial charge in [-0.1, -0.05) is 12.1 Å². The third-order valence-electron chi connectivity index (χ3n) is 4.60. The first kappa shape index (κ1) is 14.8. The van der Waals surface area contributed by atoms with Crippen molar-refractivity contribution in [2.24, 2.45) is 0 Å². The Balaban J connectivity index is 1.33. The number of fused-ring (bicyclic) bond motifs is 1. The van der Waals surface area contributed by atoms with Gasteiger partial charge in [0.2, 0.25) is 0 Å². The van der Waals surface area contributed by atoms with E-state index in [1.807, 2.05) is 24.3 Å². The number of nitrogens with zero attached hydrogens (tertiary/aromatic N) is 3. The van der Waals surface area contributed by atoms with Crippen LogP contribution in [0.3, 0.4) is 0 Å². The Bertz CT molecular complexity index is 753. The number of hydrogen-bond donors (Lipinski definition) is 0. The summed E-state index contributed by atoms with van der Waals surface area (Å²) in [6.45, 7) is 5.41. The van der Waals surface area contributed by atoms with Crippen molar-refractivity contribution in [2.75, 3.05) is 19.6 Å². The Kier molecular flexibility index (Phi) is 4.14. The number of aromatic nitrogens is 2. The zero-order valence-electron chi connectivity index (χ0n) is 13.4. The second kappa shape index (κ2) is 6.42. The molecule has 4 nitrogen and oxygen atoms in total. The smallest absolute Gasteiger partial charge is 0.198 e. The van der Waals surface area contributed by atoms with Crippen LogP contribution in [0.15, 0.2) is 34.1 Å². The maximum absolute atomic E-state index is 5.94. The van der Waals surface area contributed by atoms with Crippen molar-refractivity contribution in [3.63, 3.8) is 0 Å². The quantitative estimate of drug-likeness (QED) is 0.726. The second-order valence-corrected chi connectivity index (χ2v) is 7.31. The summed E-state index contributed by atoms with van der Waals surface area (Å²) in [5.74, 6) is 1.38. The van der Waals surface area contributed by atoms with Crippen LogP contribution in [-0.4, -0.2) is 34.5 Å². The van der Waals surface area contributed by atoms with Crippen LogP contribution in [-0.2, 0) is 6.42 Å². The summed E-state index contributed by atoms with van der Waals surface area (Å²) >= 11 is 1.74. The lowest BCUT2D eigenvalue weighted by Gasteiger charge is -2.30. The topological polar surface area (TPSA) is 42.2 Å². The Hall–Kier alpha value is -1.72. The molecule has 3 aromatic rings. The monoisotopic (exact) mass is 327 g/mol. The molecule has 3 heterocycles. The summed E-state index contributed by atoms with van der Waals surface area (Å²) in [5, 5.41) is 3.34. The highest BCUT2D eigenvalue weighted by molar-refractivity contribution is 7.09. The predicted molar refractivity (Wildman–Crippen MR) is 93.0 cm³/mol. The van der Waals surface area contributed by atoms with E-state index < -0.39 is 0 Å². The summed E-state index contributed by atoms with van der Waals surface area (Å²) in [7, 11) is 0. The third-order valence-corrected chi connectivity index (χ3v) is 5.42. The van der Waals surface area contributed by atoms with Crippen LogP contribution in [0.25, 0.3) is 11.1 Å². The van der Waals surface area contributed by atoms with Gasteiger partial charge < -0.3 is 9.32 Å². The highest BCUT2D eigenvalue weighted by Crippen LogP contribution is 2.29. The standard InChI is InChI=1S/C18H21N3OS/c1-13-19-15(12-23-13)8-11-21-9-6-14(7-10-21)18-20-16-4-2-3-5-17(16)22-18/h2-5,12,14H,6-11H2,1H3. The molecule has 5 heteroatoms. The number of oxazole rings is 1. The van der Waals surface area contributed by atoms with E-state index in [2.05, 4.69) is 27.2 Å². The van der Waals surface area contributed by atoms with Gasteiger partial charge in [0.15, 0.2) is 11.5 Å². The fourth-order valence-electron chi connectivity index (χ4n) is 3.26. The molecule has 0 spiro atoms. The maximum Gasteiger partial charge on any atom is 0.198 e. The Labute approximate surface area is 140 Å². The van der Waals surface area contributed by atoms with E-state index in [-0.39, 0.29) is 0 Å². The molecule has 1 aromatic carbocycles. The van der Waals surface area contributed by atoms with Gasteiger partial charge in [0.25, 0.3) is 0 Å². The van der Waals surface area contributed by atoms with Gasteiger partial charge in [0.1, 0.15) is 5.52 Å². The number of benzene rings is 1. The van der Waals surface area contributed by atoms with E-state index in [0.717, 1.165) is 60.9 Å². The van der Waals surface area contributed by atoms with Crippen LogP contribution in [0.1, 0.15) is 35.4 Å². The van der Waals surface area contributed by atoms with Crippen molar-refractivity contribution >= 4 is 22.4 Å². The van der Waals surface area contributed by atoms with Crippen molar-refractivity contribution in [1.29, 1.82) is 0 Å². The van der Waals surface area contributed by atoms with Crippen molar-refractivity contribution in [2.45, 2.75) is 32.1 Å². The largest absolute Gasteiger partial charge is 0.440 e. The summed E-state index contributed by atoms with van der Waals surface area (Å²) in [6, 6.07) is 8.03. The lowest BCUT2D eigenvalue weighted by molar-refractivity contribution is 0.203. The molecule has 0 radical (unpaired) electrons. The van der Waals surface area contributed by atoms with Gasteiger partial charge >= 0.3 is 0 Å². The molecule has 0 bridgehead atoms. The van der Waals surface area contributed by atoms with E-state index in [1.165, 1.54) is 5.69 Å². The van der Waals surface area contributed by atoms with Crippen LogP contribution in [0.5, 0.6) is 0 Å². The molecule has 0 unspecified atom stereocenters. The van der Waals surface area contributed by atoms with Crippen molar-refractivity contribution < 1.29 is 4.42 Å². The molecule has 2 aromatic heterocycles. The van der Waals surface area contributed by atoms with Gasteiger partial charge in [0.05, 0.1) is 10.7 Å². The lowest BCUT2D eigenvalue weighted by Crippen LogP contribution is -2.34. The summed E-state index contributed by atoms with van der Waals surface area (Å²) < 4.78 is 5.94. The van der Waals surface area contributed by atoms with Gasteiger partial charge in [-0.25, -0.2) is 9.97 Å². The number of likely N-dealkylation sites (tertiary alicyclic amines) is 1. The molecule has 0 amide bonds. The number of rotatable bonds is 4. The predicted octanol–water partition coefficient (Wildman–Crippen LogP) is 4.01. The molecule has 120 valence electrons. The van der Waals surface area contributed by atoms with Crippen LogP contribution in [0, 0.1) is 6.92 Å². The number of thiazole rings is 1. The Morgan fingerprint density at radius 2 is 2.04 bits per heavy atom. The number of para-hydroxylation sites is 2. The minimum Gasteiger partial charge on any atom is -0.440 e. The van der Waals surface area contributed by atoms with Crippen molar-refractivity contribution in [1.82, 2.24) is 14.9 Å². The summed E-state index contributed by atoms with van der Waals surface area (Å²) in [4.78, 5) is 11.7. The molecular formula is C18H21N3OS. The minimum atomic E-state index is 0.458. The Morgan fingerprint density at radius 1 is 1.22 bits per heavy atom. The van der Waals surface area contributed by atoms with Crippen LogP contribution < -0.4 is 0 Å². The third kappa shape index (κ3) is 3.31. The zero-order valence-corrected chi connectivity index (χ0v) is 14.2. The fourth-order valence-corrected chi connectivity index (χ4v) is 3.91. The Morgan fingerprint density at radius 3 is 2.78 bits per heavy atom.